The SMILES string of the molecule is O=C(CCC1CCNCC1)NCCC1CCOCC1. The minimum Gasteiger partial charge on any atom is -0.381 e. The Bertz CT molecular complexity index is 259. The molecule has 0 radical (unpaired) electrons. The van der Waals surface area contributed by atoms with Gasteiger partial charge in [-0.15, -0.1) is 0 Å². The summed E-state index contributed by atoms with van der Waals surface area (Å²) in [6.45, 7) is 4.88. The van der Waals surface area contributed by atoms with Gasteiger partial charge in [-0.05, 0) is 63.5 Å². The molecular formula is C15H28N2O2. The Morgan fingerprint density at radius 3 is 2.47 bits per heavy atom. The zero-order valence-electron chi connectivity index (χ0n) is 12.0. The zero-order chi connectivity index (χ0) is 13.3. The first-order valence-corrected chi connectivity index (χ1v) is 7.90. The molecule has 0 aromatic carbocycles. The first-order chi connectivity index (χ1) is 9.34. The molecule has 2 aliphatic rings. The minimum atomic E-state index is 0.241. The maximum Gasteiger partial charge on any atom is 0.220 e. The van der Waals surface area contributed by atoms with Gasteiger partial charge in [-0.1, -0.05) is 0 Å². The second-order valence-corrected chi connectivity index (χ2v) is 5.93. The van der Waals surface area contributed by atoms with E-state index in [4.69, 9.17) is 4.74 Å². The molecule has 4 heteroatoms. The van der Waals surface area contributed by atoms with E-state index in [1.807, 2.05) is 0 Å². The molecule has 2 heterocycles. The van der Waals surface area contributed by atoms with Crippen LogP contribution in [-0.2, 0) is 9.53 Å². The normalized spacial score (nSPS) is 22.3. The number of nitrogens with one attached hydrogen (secondary N) is 2. The standard InChI is InChI=1S/C15H28N2O2/c18-15(2-1-13-3-8-16-9-4-13)17-10-5-14-6-11-19-12-7-14/h13-14,16H,1-12H2,(H,17,18). The summed E-state index contributed by atoms with van der Waals surface area (Å²) < 4.78 is 5.34. The van der Waals surface area contributed by atoms with Crippen molar-refractivity contribution in [3.8, 4) is 0 Å². The second-order valence-electron chi connectivity index (χ2n) is 5.93. The van der Waals surface area contributed by atoms with E-state index in [-0.39, 0.29) is 5.91 Å². The summed E-state index contributed by atoms with van der Waals surface area (Å²) in [6, 6.07) is 0. The summed E-state index contributed by atoms with van der Waals surface area (Å²) >= 11 is 0. The second kappa shape index (κ2) is 8.54. The summed E-state index contributed by atoms with van der Waals surface area (Å²) in [5.74, 6) is 1.74. The largest absolute Gasteiger partial charge is 0.381 e. The van der Waals surface area contributed by atoms with Crippen LogP contribution in [0.5, 0.6) is 0 Å². The molecule has 0 spiro atoms. The van der Waals surface area contributed by atoms with Crippen molar-refractivity contribution in [2.45, 2.75) is 44.9 Å². The van der Waals surface area contributed by atoms with Gasteiger partial charge >= 0.3 is 0 Å². The Hall–Kier alpha value is -0.610. The first kappa shape index (κ1) is 14.8. The van der Waals surface area contributed by atoms with Crippen LogP contribution in [0.25, 0.3) is 0 Å². The van der Waals surface area contributed by atoms with Crippen molar-refractivity contribution in [3.05, 3.63) is 0 Å². The molecule has 2 aliphatic heterocycles. The Morgan fingerprint density at radius 2 is 1.74 bits per heavy atom. The highest BCUT2D eigenvalue weighted by Gasteiger charge is 2.15. The molecular weight excluding hydrogens is 240 g/mol. The van der Waals surface area contributed by atoms with Crippen LogP contribution in [0.2, 0.25) is 0 Å². The Labute approximate surface area is 116 Å². The molecule has 0 atom stereocenters. The zero-order valence-corrected chi connectivity index (χ0v) is 12.0. The van der Waals surface area contributed by atoms with E-state index in [0.29, 0.717) is 6.42 Å². The quantitative estimate of drug-likeness (QED) is 0.771. The molecule has 0 saturated carbocycles. The lowest BCUT2D eigenvalue weighted by molar-refractivity contribution is -0.121. The van der Waals surface area contributed by atoms with Gasteiger partial charge in [0.1, 0.15) is 0 Å². The molecule has 2 fully saturated rings. The summed E-state index contributed by atoms with van der Waals surface area (Å²) in [5.41, 5.74) is 0. The molecule has 4 nitrogen and oxygen atoms in total. The van der Waals surface area contributed by atoms with E-state index < -0.39 is 0 Å². The maximum atomic E-state index is 11.8. The molecule has 2 rings (SSSR count). The van der Waals surface area contributed by atoms with Gasteiger partial charge in [0, 0.05) is 26.2 Å². The average Bonchev–Trinajstić information content (AvgIpc) is 2.47. The predicted molar refractivity (Wildman–Crippen MR) is 76.0 cm³/mol. The van der Waals surface area contributed by atoms with Crippen LogP contribution in [0.4, 0.5) is 0 Å². The third kappa shape index (κ3) is 5.91. The number of ether oxygens (including phenoxy) is 1. The first-order valence-electron chi connectivity index (χ1n) is 7.90. The van der Waals surface area contributed by atoms with Crippen molar-refractivity contribution >= 4 is 5.91 Å². The molecule has 0 bridgehead atoms. The molecule has 0 aromatic heterocycles. The highest BCUT2D eigenvalue weighted by Crippen LogP contribution is 2.18. The summed E-state index contributed by atoms with van der Waals surface area (Å²) in [7, 11) is 0. The van der Waals surface area contributed by atoms with Crippen molar-refractivity contribution < 1.29 is 9.53 Å². The van der Waals surface area contributed by atoms with Crippen LogP contribution in [0.1, 0.15) is 44.9 Å². The number of carbonyl (C=O) groups excluding carboxylic acids is 1. The summed E-state index contributed by atoms with van der Waals surface area (Å²) in [5, 5.41) is 6.44. The van der Waals surface area contributed by atoms with E-state index in [9.17, 15) is 4.79 Å². The number of carbonyl (C=O) groups is 1. The summed E-state index contributed by atoms with van der Waals surface area (Å²) in [6.07, 6.45) is 7.66. The number of hydrogen-bond acceptors (Lipinski definition) is 3. The molecule has 0 aromatic rings. The lowest BCUT2D eigenvalue weighted by Crippen LogP contribution is -2.30. The number of rotatable bonds is 6. The fourth-order valence-electron chi connectivity index (χ4n) is 3.04. The van der Waals surface area contributed by atoms with Crippen molar-refractivity contribution in [2.24, 2.45) is 11.8 Å². The van der Waals surface area contributed by atoms with Crippen molar-refractivity contribution in [1.29, 1.82) is 0 Å². The van der Waals surface area contributed by atoms with E-state index in [1.54, 1.807) is 0 Å². The maximum absolute atomic E-state index is 11.8. The fourth-order valence-corrected chi connectivity index (χ4v) is 3.04. The van der Waals surface area contributed by atoms with Crippen molar-refractivity contribution in [3.63, 3.8) is 0 Å². The molecule has 2 saturated heterocycles. The van der Waals surface area contributed by atoms with Crippen LogP contribution < -0.4 is 10.6 Å². The van der Waals surface area contributed by atoms with E-state index in [1.165, 1.54) is 12.8 Å². The van der Waals surface area contributed by atoms with E-state index in [2.05, 4.69) is 10.6 Å². The van der Waals surface area contributed by atoms with Gasteiger partial charge in [-0.3, -0.25) is 4.79 Å². The van der Waals surface area contributed by atoms with Gasteiger partial charge in [0.2, 0.25) is 5.91 Å². The van der Waals surface area contributed by atoms with Crippen LogP contribution in [-0.4, -0.2) is 38.8 Å². The molecule has 19 heavy (non-hydrogen) atoms. The molecule has 0 unspecified atom stereocenters. The Morgan fingerprint density at radius 1 is 1.05 bits per heavy atom. The molecule has 0 aliphatic carbocycles. The summed E-state index contributed by atoms with van der Waals surface area (Å²) in [4.78, 5) is 11.8. The van der Waals surface area contributed by atoms with Crippen molar-refractivity contribution in [2.75, 3.05) is 32.8 Å². The third-order valence-electron chi connectivity index (χ3n) is 4.45. The van der Waals surface area contributed by atoms with Gasteiger partial charge in [-0.2, -0.15) is 0 Å². The van der Waals surface area contributed by atoms with Gasteiger partial charge in [0.05, 0.1) is 0 Å². The van der Waals surface area contributed by atoms with Gasteiger partial charge < -0.3 is 15.4 Å². The van der Waals surface area contributed by atoms with Gasteiger partial charge in [-0.25, -0.2) is 0 Å². The molecule has 1 amide bonds. The number of hydrogen-bond donors (Lipinski definition) is 2. The fraction of sp³-hybridized carbons (Fsp3) is 0.933. The third-order valence-corrected chi connectivity index (χ3v) is 4.45. The lowest BCUT2D eigenvalue weighted by Gasteiger charge is -2.23. The molecule has 110 valence electrons. The monoisotopic (exact) mass is 268 g/mol. The average molecular weight is 268 g/mol. The van der Waals surface area contributed by atoms with Gasteiger partial charge in [0.15, 0.2) is 0 Å². The number of amides is 1. The predicted octanol–water partition coefficient (Wildman–Crippen LogP) is 1.70. The highest BCUT2D eigenvalue weighted by atomic mass is 16.5. The van der Waals surface area contributed by atoms with Crippen LogP contribution in [0.3, 0.4) is 0 Å². The van der Waals surface area contributed by atoms with Crippen LogP contribution in [0.15, 0.2) is 0 Å². The van der Waals surface area contributed by atoms with E-state index >= 15 is 0 Å². The minimum absolute atomic E-state index is 0.241. The number of piperidine rings is 1. The Kier molecular flexibility index (Phi) is 6.65. The Balaban J connectivity index is 1.49. The highest BCUT2D eigenvalue weighted by molar-refractivity contribution is 5.75. The van der Waals surface area contributed by atoms with Gasteiger partial charge in [0.25, 0.3) is 0 Å². The van der Waals surface area contributed by atoms with E-state index in [0.717, 1.165) is 70.4 Å². The van der Waals surface area contributed by atoms with Crippen LogP contribution in [0, 0.1) is 11.8 Å². The van der Waals surface area contributed by atoms with Crippen LogP contribution >= 0.6 is 0 Å². The molecule has 2 N–H and O–H groups in total. The lowest BCUT2D eigenvalue weighted by atomic mass is 9.93. The van der Waals surface area contributed by atoms with Crippen molar-refractivity contribution in [1.82, 2.24) is 10.6 Å². The topological polar surface area (TPSA) is 50.4 Å². The smallest absolute Gasteiger partial charge is 0.220 e.